The highest BCUT2D eigenvalue weighted by molar-refractivity contribution is 5.80. The molecule has 3 heterocycles. The van der Waals surface area contributed by atoms with Gasteiger partial charge < -0.3 is 14.8 Å². The number of aryl methyl sites for hydroxylation is 3. The summed E-state index contributed by atoms with van der Waals surface area (Å²) in [5, 5.41) is 7.80. The van der Waals surface area contributed by atoms with Crippen LogP contribution < -0.4 is 5.32 Å². The third-order valence-corrected chi connectivity index (χ3v) is 5.11. The number of unbranched alkanes of at least 4 members (excludes halogenated alkanes) is 1. The molecule has 0 aromatic carbocycles. The summed E-state index contributed by atoms with van der Waals surface area (Å²) in [4.78, 5) is 11.1. The fraction of sp³-hybridized carbons (Fsp3) is 0.632. The maximum atomic E-state index is 4.48. The Morgan fingerprint density at radius 3 is 2.96 bits per heavy atom. The van der Waals surface area contributed by atoms with Crippen LogP contribution in [0.5, 0.6) is 0 Å². The lowest BCUT2D eigenvalue weighted by molar-refractivity contribution is 0.457. The van der Waals surface area contributed by atoms with Crippen LogP contribution in [0.15, 0.2) is 29.8 Å². The number of hydrogen-bond acceptors (Lipinski definition) is 3. The van der Waals surface area contributed by atoms with Crippen molar-refractivity contribution in [2.75, 3.05) is 26.7 Å². The normalized spacial score (nSPS) is 17.9. The molecule has 0 radical (unpaired) electrons. The fourth-order valence-electron chi connectivity index (χ4n) is 3.68. The summed E-state index contributed by atoms with van der Waals surface area (Å²) >= 11 is 0. The van der Waals surface area contributed by atoms with Gasteiger partial charge in [-0.15, -0.1) is 0 Å². The van der Waals surface area contributed by atoms with Gasteiger partial charge in [-0.3, -0.25) is 9.67 Å². The van der Waals surface area contributed by atoms with Gasteiger partial charge in [-0.2, -0.15) is 5.10 Å². The maximum Gasteiger partial charge on any atom is 0.193 e. The Balaban J connectivity index is 1.37. The molecule has 2 aromatic heterocycles. The number of nitrogens with one attached hydrogen (secondary N) is 1. The Morgan fingerprint density at radius 2 is 2.27 bits per heavy atom. The predicted octanol–water partition coefficient (Wildman–Crippen LogP) is 1.85. The zero-order chi connectivity index (χ0) is 18.4. The second kappa shape index (κ2) is 8.87. The number of aromatic nitrogens is 4. The molecule has 0 saturated carbocycles. The SMILES string of the molecule is CN=C(NCCCCn1ccnc1C)N1CCC(Cc2cnn(C)c2)C1. The molecule has 2 aromatic rings. The second-order valence-electron chi connectivity index (χ2n) is 7.18. The molecule has 7 heteroatoms. The zero-order valence-electron chi connectivity index (χ0n) is 16.2. The summed E-state index contributed by atoms with van der Waals surface area (Å²) in [6, 6.07) is 0. The fourth-order valence-corrected chi connectivity index (χ4v) is 3.68. The van der Waals surface area contributed by atoms with E-state index in [2.05, 4.69) is 43.0 Å². The van der Waals surface area contributed by atoms with Crippen molar-refractivity contribution in [2.24, 2.45) is 18.0 Å². The molecule has 7 nitrogen and oxygen atoms in total. The maximum absolute atomic E-state index is 4.48. The molecular weight excluding hydrogens is 326 g/mol. The van der Waals surface area contributed by atoms with E-state index in [0.717, 1.165) is 57.2 Å². The molecule has 26 heavy (non-hydrogen) atoms. The second-order valence-corrected chi connectivity index (χ2v) is 7.18. The van der Waals surface area contributed by atoms with Gasteiger partial charge in [0.1, 0.15) is 5.82 Å². The van der Waals surface area contributed by atoms with Gasteiger partial charge in [0, 0.05) is 58.9 Å². The van der Waals surface area contributed by atoms with Gasteiger partial charge in [0.2, 0.25) is 0 Å². The van der Waals surface area contributed by atoms with Crippen LogP contribution in [0.25, 0.3) is 0 Å². The van der Waals surface area contributed by atoms with Gasteiger partial charge >= 0.3 is 0 Å². The summed E-state index contributed by atoms with van der Waals surface area (Å²) in [7, 11) is 3.86. The molecule has 1 aliphatic heterocycles. The van der Waals surface area contributed by atoms with Gasteiger partial charge in [0.25, 0.3) is 0 Å². The van der Waals surface area contributed by atoms with Crippen molar-refractivity contribution >= 4 is 5.96 Å². The molecule has 1 fully saturated rings. The lowest BCUT2D eigenvalue weighted by atomic mass is 10.0. The summed E-state index contributed by atoms with van der Waals surface area (Å²) in [5.74, 6) is 2.81. The number of guanidine groups is 1. The minimum Gasteiger partial charge on any atom is -0.356 e. The first-order chi connectivity index (χ1) is 12.7. The van der Waals surface area contributed by atoms with Crippen molar-refractivity contribution in [2.45, 2.75) is 39.2 Å². The first kappa shape index (κ1) is 18.5. The molecule has 3 rings (SSSR count). The minimum absolute atomic E-state index is 0.682. The monoisotopic (exact) mass is 357 g/mol. The number of rotatable bonds is 7. The average molecular weight is 358 g/mol. The lowest BCUT2D eigenvalue weighted by Crippen LogP contribution is -2.40. The Bertz CT molecular complexity index is 715. The predicted molar refractivity (Wildman–Crippen MR) is 104 cm³/mol. The van der Waals surface area contributed by atoms with Gasteiger partial charge in [0.05, 0.1) is 6.20 Å². The molecule has 1 saturated heterocycles. The summed E-state index contributed by atoms with van der Waals surface area (Å²) in [6.45, 7) is 6.20. The Hall–Kier alpha value is -2.31. The molecule has 1 aliphatic rings. The van der Waals surface area contributed by atoms with Crippen LogP contribution in [0.3, 0.4) is 0 Å². The topological polar surface area (TPSA) is 63.3 Å². The first-order valence-electron chi connectivity index (χ1n) is 9.56. The molecule has 0 bridgehead atoms. The quantitative estimate of drug-likeness (QED) is 0.467. The molecule has 0 aliphatic carbocycles. The largest absolute Gasteiger partial charge is 0.356 e. The van der Waals surface area contributed by atoms with Crippen LogP contribution in [-0.4, -0.2) is 56.9 Å². The van der Waals surface area contributed by atoms with E-state index in [-0.39, 0.29) is 0 Å². The highest BCUT2D eigenvalue weighted by atomic mass is 15.3. The van der Waals surface area contributed by atoms with Gasteiger partial charge in [-0.05, 0) is 44.1 Å². The molecular formula is C19H31N7. The van der Waals surface area contributed by atoms with Crippen LogP contribution in [0.1, 0.15) is 30.7 Å². The third kappa shape index (κ3) is 4.86. The highest BCUT2D eigenvalue weighted by Gasteiger charge is 2.25. The smallest absolute Gasteiger partial charge is 0.193 e. The first-order valence-corrected chi connectivity index (χ1v) is 9.56. The van der Waals surface area contributed by atoms with Crippen molar-refractivity contribution in [3.05, 3.63) is 36.2 Å². The summed E-state index contributed by atoms with van der Waals surface area (Å²) in [6.07, 6.45) is 12.6. The van der Waals surface area contributed by atoms with E-state index < -0.39 is 0 Å². The van der Waals surface area contributed by atoms with E-state index in [0.29, 0.717) is 5.92 Å². The van der Waals surface area contributed by atoms with Crippen molar-refractivity contribution < 1.29 is 0 Å². The molecule has 1 atom stereocenters. The molecule has 142 valence electrons. The molecule has 1 N–H and O–H groups in total. The summed E-state index contributed by atoms with van der Waals surface area (Å²) in [5.41, 5.74) is 1.33. The van der Waals surface area contributed by atoms with Crippen LogP contribution >= 0.6 is 0 Å². The van der Waals surface area contributed by atoms with Gasteiger partial charge in [0.15, 0.2) is 5.96 Å². The summed E-state index contributed by atoms with van der Waals surface area (Å²) < 4.78 is 4.09. The van der Waals surface area contributed by atoms with Crippen molar-refractivity contribution in [3.63, 3.8) is 0 Å². The van der Waals surface area contributed by atoms with Crippen LogP contribution in [0, 0.1) is 12.8 Å². The van der Waals surface area contributed by atoms with Crippen molar-refractivity contribution in [1.29, 1.82) is 0 Å². The Labute approximate surface area is 156 Å². The highest BCUT2D eigenvalue weighted by Crippen LogP contribution is 2.20. The van der Waals surface area contributed by atoms with Crippen LogP contribution in [-0.2, 0) is 20.0 Å². The molecule has 1 unspecified atom stereocenters. The number of aliphatic imine (C=N–C) groups is 1. The number of likely N-dealkylation sites (tertiary alicyclic amines) is 1. The standard InChI is InChI=1S/C19H31N7/c1-16-21-8-11-25(16)9-5-4-7-22-19(20-2)26-10-6-17(15-26)12-18-13-23-24(3)14-18/h8,11,13-14,17H,4-7,9-10,12,15H2,1-3H3,(H,20,22). The van der Waals surface area contributed by atoms with E-state index in [1.807, 2.05) is 37.4 Å². The molecule has 0 spiro atoms. The molecule has 0 amide bonds. The van der Waals surface area contributed by atoms with Crippen LogP contribution in [0.2, 0.25) is 0 Å². The zero-order valence-corrected chi connectivity index (χ0v) is 16.2. The van der Waals surface area contributed by atoms with Crippen molar-refractivity contribution in [1.82, 2.24) is 29.5 Å². The lowest BCUT2D eigenvalue weighted by Gasteiger charge is -2.21. The number of imidazole rings is 1. The minimum atomic E-state index is 0.682. The van der Waals surface area contributed by atoms with E-state index >= 15 is 0 Å². The van der Waals surface area contributed by atoms with E-state index in [1.165, 1.54) is 12.0 Å². The third-order valence-electron chi connectivity index (χ3n) is 5.11. The van der Waals surface area contributed by atoms with E-state index in [1.54, 1.807) is 0 Å². The van der Waals surface area contributed by atoms with Crippen LogP contribution in [0.4, 0.5) is 0 Å². The van der Waals surface area contributed by atoms with E-state index in [9.17, 15) is 0 Å². The van der Waals surface area contributed by atoms with Gasteiger partial charge in [-0.1, -0.05) is 0 Å². The Morgan fingerprint density at radius 1 is 1.38 bits per heavy atom. The van der Waals surface area contributed by atoms with Gasteiger partial charge in [-0.25, -0.2) is 4.98 Å². The van der Waals surface area contributed by atoms with Crippen molar-refractivity contribution in [3.8, 4) is 0 Å². The average Bonchev–Trinajstić information content (AvgIpc) is 3.34. The number of nitrogens with zero attached hydrogens (tertiary/aromatic N) is 6. The number of hydrogen-bond donors (Lipinski definition) is 1. The Kier molecular flexibility index (Phi) is 6.30. The van der Waals surface area contributed by atoms with E-state index in [4.69, 9.17) is 0 Å².